The fourth-order valence-corrected chi connectivity index (χ4v) is 5.20. The Balaban J connectivity index is 1.71. The monoisotopic (exact) mass is 556 g/mol. The van der Waals surface area contributed by atoms with E-state index >= 15 is 0 Å². The Kier molecular flexibility index (Phi) is 7.51. The summed E-state index contributed by atoms with van der Waals surface area (Å²) >= 11 is 0. The first-order chi connectivity index (χ1) is 17.8. The molecule has 3 aromatic rings. The smallest absolute Gasteiger partial charge is 0.331 e. The van der Waals surface area contributed by atoms with E-state index in [0.29, 0.717) is 22.7 Å². The lowest BCUT2D eigenvalue weighted by atomic mass is 9.99. The Morgan fingerprint density at radius 3 is 2.42 bits per heavy atom. The van der Waals surface area contributed by atoms with E-state index in [0.717, 1.165) is 18.5 Å². The number of benzene rings is 2. The molecule has 0 radical (unpaired) electrons. The van der Waals surface area contributed by atoms with Crippen LogP contribution in [-0.4, -0.2) is 42.7 Å². The zero-order chi connectivity index (χ0) is 27.8. The Morgan fingerprint density at radius 2 is 1.84 bits per heavy atom. The fourth-order valence-electron chi connectivity index (χ4n) is 4.57. The Hall–Kier alpha value is -3.48. The number of amides is 2. The molecule has 0 saturated carbocycles. The van der Waals surface area contributed by atoms with Gasteiger partial charge in [0, 0.05) is 11.8 Å². The highest BCUT2D eigenvalue weighted by atomic mass is 32.2. The van der Waals surface area contributed by atoms with Gasteiger partial charge < -0.3 is 5.32 Å². The van der Waals surface area contributed by atoms with E-state index in [1.54, 1.807) is 6.92 Å². The standard InChI is InChI=1S/C25H25F5N4O3S/c1-3-4-20(18-10-9-17(13-19(18)27)38(2,36)37)32-24(35)33-22-14-31-34(16-7-5-15(26)6-8-16)21(22)11-12-23(33)25(28,29)30/h5-10,13-14,20,23H,3-4,11-12H2,1-2H3,(H,32,35)/t20-,23?/m0/s1. The van der Waals surface area contributed by atoms with Crippen molar-refractivity contribution in [2.45, 2.75) is 55.8 Å². The van der Waals surface area contributed by atoms with Crippen LogP contribution in [-0.2, 0) is 16.3 Å². The van der Waals surface area contributed by atoms with Gasteiger partial charge >= 0.3 is 12.2 Å². The number of rotatable bonds is 6. The topological polar surface area (TPSA) is 84.3 Å². The molecule has 1 aliphatic heterocycles. The highest BCUT2D eigenvalue weighted by Crippen LogP contribution is 2.39. The number of aromatic nitrogens is 2. The van der Waals surface area contributed by atoms with Gasteiger partial charge in [-0.1, -0.05) is 19.4 Å². The number of urea groups is 1. The van der Waals surface area contributed by atoms with Gasteiger partial charge in [-0.25, -0.2) is 26.7 Å². The SMILES string of the molecule is CCC[C@H](NC(=O)N1c2cnn(-c3ccc(F)cc3)c2CCC1C(F)(F)F)c1ccc(S(C)(=O)=O)cc1F. The minimum Gasteiger partial charge on any atom is -0.331 e. The lowest BCUT2D eigenvalue weighted by molar-refractivity contribution is -0.149. The molecule has 0 fully saturated rings. The van der Waals surface area contributed by atoms with Gasteiger partial charge in [0.2, 0.25) is 0 Å². The van der Waals surface area contributed by atoms with Crippen molar-refractivity contribution >= 4 is 21.6 Å². The number of alkyl halides is 3. The van der Waals surface area contributed by atoms with Crippen molar-refractivity contribution < 1.29 is 35.2 Å². The Bertz CT molecular complexity index is 1440. The van der Waals surface area contributed by atoms with Crippen molar-refractivity contribution in [3.05, 3.63) is 71.6 Å². The molecular weight excluding hydrogens is 531 g/mol. The summed E-state index contributed by atoms with van der Waals surface area (Å²) < 4.78 is 95.3. The number of sulfone groups is 1. The predicted molar refractivity (Wildman–Crippen MR) is 130 cm³/mol. The summed E-state index contributed by atoms with van der Waals surface area (Å²) in [6.45, 7) is 1.76. The fraction of sp³-hybridized carbons (Fsp3) is 0.360. The van der Waals surface area contributed by atoms with Crippen LogP contribution in [0, 0.1) is 11.6 Å². The molecule has 1 unspecified atom stereocenters. The summed E-state index contributed by atoms with van der Waals surface area (Å²) in [7, 11) is -3.69. The van der Waals surface area contributed by atoms with Crippen LogP contribution in [0.15, 0.2) is 53.6 Å². The minimum atomic E-state index is -4.75. The zero-order valence-electron chi connectivity index (χ0n) is 20.5. The van der Waals surface area contributed by atoms with E-state index in [1.807, 2.05) is 0 Å². The lowest BCUT2D eigenvalue weighted by Crippen LogP contribution is -2.55. The van der Waals surface area contributed by atoms with Crippen molar-refractivity contribution in [2.75, 3.05) is 11.2 Å². The highest BCUT2D eigenvalue weighted by Gasteiger charge is 2.49. The largest absolute Gasteiger partial charge is 0.409 e. The number of hydrogen-bond donors (Lipinski definition) is 1. The minimum absolute atomic E-state index is 0.0410. The number of fused-ring (bicyclic) bond motifs is 1. The molecule has 204 valence electrons. The second kappa shape index (κ2) is 10.4. The molecule has 13 heteroatoms. The summed E-state index contributed by atoms with van der Waals surface area (Å²) in [6.07, 6.45) is -2.53. The molecule has 1 N–H and O–H groups in total. The third-order valence-electron chi connectivity index (χ3n) is 6.39. The van der Waals surface area contributed by atoms with Gasteiger partial charge in [-0.3, -0.25) is 4.90 Å². The van der Waals surface area contributed by atoms with Gasteiger partial charge in [0.05, 0.1) is 34.2 Å². The van der Waals surface area contributed by atoms with E-state index in [9.17, 15) is 35.2 Å². The molecule has 4 rings (SSSR count). The van der Waals surface area contributed by atoms with Crippen LogP contribution in [0.5, 0.6) is 0 Å². The van der Waals surface area contributed by atoms with Crippen LogP contribution in [0.1, 0.15) is 43.5 Å². The average molecular weight is 557 g/mol. The number of nitrogens with one attached hydrogen (secondary N) is 1. The van der Waals surface area contributed by atoms with Crippen LogP contribution < -0.4 is 10.2 Å². The summed E-state index contributed by atoms with van der Waals surface area (Å²) in [5, 5.41) is 6.67. The van der Waals surface area contributed by atoms with Crippen LogP contribution in [0.4, 0.5) is 32.4 Å². The van der Waals surface area contributed by atoms with Crippen molar-refractivity contribution in [1.29, 1.82) is 0 Å². The molecule has 2 amide bonds. The van der Waals surface area contributed by atoms with Crippen LogP contribution in [0.25, 0.3) is 5.69 Å². The first kappa shape index (κ1) is 27.6. The molecule has 2 heterocycles. The van der Waals surface area contributed by atoms with Crippen LogP contribution >= 0.6 is 0 Å². The van der Waals surface area contributed by atoms with E-state index in [1.165, 1.54) is 41.1 Å². The van der Waals surface area contributed by atoms with Crippen molar-refractivity contribution in [3.8, 4) is 5.69 Å². The van der Waals surface area contributed by atoms with Crippen molar-refractivity contribution in [2.24, 2.45) is 0 Å². The van der Waals surface area contributed by atoms with E-state index < -0.39 is 52.2 Å². The predicted octanol–water partition coefficient (Wildman–Crippen LogP) is 5.49. The molecule has 0 bridgehead atoms. The quantitative estimate of drug-likeness (QED) is 0.407. The van der Waals surface area contributed by atoms with Crippen molar-refractivity contribution in [3.63, 3.8) is 0 Å². The van der Waals surface area contributed by atoms with Gasteiger partial charge in [0.1, 0.15) is 17.7 Å². The first-order valence-electron chi connectivity index (χ1n) is 11.8. The second-order valence-electron chi connectivity index (χ2n) is 9.08. The van der Waals surface area contributed by atoms with Gasteiger partial charge in [-0.15, -0.1) is 0 Å². The molecule has 2 aromatic carbocycles. The maximum atomic E-state index is 14.9. The normalized spacial score (nSPS) is 16.7. The third-order valence-corrected chi connectivity index (χ3v) is 7.50. The number of anilines is 1. The average Bonchev–Trinajstić information content (AvgIpc) is 3.26. The van der Waals surface area contributed by atoms with Gasteiger partial charge in [-0.05, 0) is 55.7 Å². The Morgan fingerprint density at radius 1 is 1.16 bits per heavy atom. The molecule has 1 aromatic heterocycles. The summed E-state index contributed by atoms with van der Waals surface area (Å²) in [6, 6.07) is 4.16. The highest BCUT2D eigenvalue weighted by molar-refractivity contribution is 7.90. The number of halogens is 5. The first-order valence-corrected chi connectivity index (χ1v) is 13.7. The molecular formula is C25H25F5N4O3S. The second-order valence-corrected chi connectivity index (χ2v) is 11.1. The number of carbonyl (C=O) groups excluding carboxylic acids is 1. The lowest BCUT2D eigenvalue weighted by Gasteiger charge is -2.37. The van der Waals surface area contributed by atoms with E-state index in [-0.39, 0.29) is 29.0 Å². The Labute approximate surface area is 216 Å². The van der Waals surface area contributed by atoms with E-state index in [4.69, 9.17) is 0 Å². The molecule has 1 aliphatic rings. The molecule has 7 nitrogen and oxygen atoms in total. The molecule has 0 aliphatic carbocycles. The zero-order valence-corrected chi connectivity index (χ0v) is 21.3. The van der Waals surface area contributed by atoms with Gasteiger partial charge in [0.25, 0.3) is 0 Å². The summed E-state index contributed by atoms with van der Waals surface area (Å²) in [4.78, 5) is 13.7. The van der Waals surface area contributed by atoms with Crippen LogP contribution in [0.2, 0.25) is 0 Å². The van der Waals surface area contributed by atoms with Gasteiger partial charge in [-0.2, -0.15) is 18.3 Å². The van der Waals surface area contributed by atoms with E-state index in [2.05, 4.69) is 10.4 Å². The molecule has 38 heavy (non-hydrogen) atoms. The summed E-state index contributed by atoms with van der Waals surface area (Å²) in [5.74, 6) is -1.39. The number of nitrogens with zero attached hydrogens (tertiary/aromatic N) is 3. The molecule has 0 spiro atoms. The van der Waals surface area contributed by atoms with Gasteiger partial charge in [0.15, 0.2) is 9.84 Å². The number of hydrogen-bond acceptors (Lipinski definition) is 4. The molecule has 0 saturated heterocycles. The molecule has 2 atom stereocenters. The number of carbonyl (C=O) groups is 1. The van der Waals surface area contributed by atoms with Crippen LogP contribution in [0.3, 0.4) is 0 Å². The maximum absolute atomic E-state index is 14.9. The summed E-state index contributed by atoms with van der Waals surface area (Å²) in [5.41, 5.74) is 0.636. The third kappa shape index (κ3) is 5.52. The maximum Gasteiger partial charge on any atom is 0.409 e. The van der Waals surface area contributed by atoms with Crippen molar-refractivity contribution in [1.82, 2.24) is 15.1 Å².